The molecule has 0 saturated heterocycles. The summed E-state index contributed by atoms with van der Waals surface area (Å²) in [5.74, 6) is 0.861. The molecule has 102 valence electrons. The van der Waals surface area contributed by atoms with Crippen LogP contribution in [0.3, 0.4) is 0 Å². The summed E-state index contributed by atoms with van der Waals surface area (Å²) in [5.41, 5.74) is 3.48. The normalized spacial score (nSPS) is 18.2. The van der Waals surface area contributed by atoms with Gasteiger partial charge in [0.1, 0.15) is 5.65 Å². The maximum absolute atomic E-state index is 4.61. The van der Waals surface area contributed by atoms with E-state index >= 15 is 0 Å². The van der Waals surface area contributed by atoms with Crippen molar-refractivity contribution in [2.24, 2.45) is 5.92 Å². The van der Waals surface area contributed by atoms with E-state index in [2.05, 4.69) is 46.9 Å². The second-order valence-electron chi connectivity index (χ2n) is 5.79. The van der Waals surface area contributed by atoms with E-state index in [1.807, 2.05) is 6.07 Å². The highest BCUT2D eigenvalue weighted by molar-refractivity contribution is 5.42. The molecule has 2 aromatic rings. The molecular formula is C16H23N3. The number of fused-ring (bicyclic) bond motifs is 1. The Balaban J connectivity index is 1.72. The largest absolute Gasteiger partial charge is 0.308 e. The first-order valence-corrected chi connectivity index (χ1v) is 7.41. The average Bonchev–Trinajstić information content (AvgIpc) is 3.03. The predicted molar refractivity (Wildman–Crippen MR) is 78.2 cm³/mol. The number of rotatable bonds is 4. The number of hydrogen-bond donors (Lipinski definition) is 1. The first kappa shape index (κ1) is 12.7. The molecule has 3 heteroatoms. The standard InChI is InChI=1S/C16H23N3/c1-12(14-7-3-4-8-14)17-11-15-13(2)18-16-9-5-6-10-19(15)16/h5-6,9-10,12,14,17H,3-4,7-8,11H2,1-2H3/t12-/m1/s1. The minimum absolute atomic E-state index is 0.608. The number of hydrogen-bond acceptors (Lipinski definition) is 2. The van der Waals surface area contributed by atoms with Crippen LogP contribution in [-0.4, -0.2) is 15.4 Å². The van der Waals surface area contributed by atoms with Crippen molar-refractivity contribution in [1.29, 1.82) is 0 Å². The van der Waals surface area contributed by atoms with E-state index in [9.17, 15) is 0 Å². The van der Waals surface area contributed by atoms with Gasteiger partial charge in [-0.15, -0.1) is 0 Å². The summed E-state index contributed by atoms with van der Waals surface area (Å²) < 4.78 is 2.20. The van der Waals surface area contributed by atoms with Crippen molar-refractivity contribution in [3.05, 3.63) is 35.8 Å². The van der Waals surface area contributed by atoms with E-state index < -0.39 is 0 Å². The number of nitrogens with zero attached hydrogens (tertiary/aromatic N) is 2. The first-order chi connectivity index (χ1) is 9.25. The smallest absolute Gasteiger partial charge is 0.137 e. The van der Waals surface area contributed by atoms with Gasteiger partial charge in [0, 0.05) is 18.8 Å². The fourth-order valence-corrected chi connectivity index (χ4v) is 3.26. The SMILES string of the molecule is Cc1nc2ccccn2c1CN[C@H](C)C1CCCC1. The Hall–Kier alpha value is -1.35. The number of aromatic nitrogens is 2. The highest BCUT2D eigenvalue weighted by Gasteiger charge is 2.21. The van der Waals surface area contributed by atoms with E-state index in [0.717, 1.165) is 23.8 Å². The molecule has 1 atom stereocenters. The zero-order valence-corrected chi connectivity index (χ0v) is 11.9. The van der Waals surface area contributed by atoms with Crippen LogP contribution in [0.1, 0.15) is 44.0 Å². The van der Waals surface area contributed by atoms with Gasteiger partial charge < -0.3 is 9.72 Å². The lowest BCUT2D eigenvalue weighted by Gasteiger charge is -2.20. The molecule has 0 amide bonds. The fourth-order valence-electron chi connectivity index (χ4n) is 3.26. The topological polar surface area (TPSA) is 29.3 Å². The third kappa shape index (κ3) is 2.52. The molecule has 3 rings (SSSR count). The van der Waals surface area contributed by atoms with Gasteiger partial charge in [0.15, 0.2) is 0 Å². The Morgan fingerprint density at radius 1 is 1.37 bits per heavy atom. The van der Waals surface area contributed by atoms with E-state index in [4.69, 9.17) is 0 Å². The van der Waals surface area contributed by atoms with Crippen LogP contribution in [0.25, 0.3) is 5.65 Å². The van der Waals surface area contributed by atoms with Gasteiger partial charge >= 0.3 is 0 Å². The van der Waals surface area contributed by atoms with Crippen LogP contribution >= 0.6 is 0 Å². The average molecular weight is 257 g/mol. The molecule has 0 spiro atoms. The summed E-state index contributed by atoms with van der Waals surface area (Å²) in [7, 11) is 0. The van der Waals surface area contributed by atoms with Crippen LogP contribution in [-0.2, 0) is 6.54 Å². The van der Waals surface area contributed by atoms with Crippen molar-refractivity contribution in [2.75, 3.05) is 0 Å². The van der Waals surface area contributed by atoms with Gasteiger partial charge in [-0.05, 0) is 44.7 Å². The Morgan fingerprint density at radius 3 is 2.95 bits per heavy atom. The lowest BCUT2D eigenvalue weighted by molar-refractivity contribution is 0.378. The highest BCUT2D eigenvalue weighted by atomic mass is 15.0. The Bertz CT molecular complexity index is 552. The zero-order chi connectivity index (χ0) is 13.2. The number of nitrogens with one attached hydrogen (secondary N) is 1. The van der Waals surface area contributed by atoms with Gasteiger partial charge in [-0.25, -0.2) is 4.98 Å². The van der Waals surface area contributed by atoms with Crippen molar-refractivity contribution >= 4 is 5.65 Å². The van der Waals surface area contributed by atoms with E-state index in [-0.39, 0.29) is 0 Å². The van der Waals surface area contributed by atoms with Crippen molar-refractivity contribution < 1.29 is 0 Å². The van der Waals surface area contributed by atoms with Crippen LogP contribution < -0.4 is 5.32 Å². The van der Waals surface area contributed by atoms with Crippen molar-refractivity contribution in [3.63, 3.8) is 0 Å². The predicted octanol–water partition coefficient (Wildman–Crippen LogP) is 3.31. The van der Waals surface area contributed by atoms with Crippen LogP contribution in [0.15, 0.2) is 24.4 Å². The molecule has 1 aliphatic rings. The molecule has 0 aliphatic heterocycles. The zero-order valence-electron chi connectivity index (χ0n) is 11.9. The van der Waals surface area contributed by atoms with E-state index in [1.165, 1.54) is 31.4 Å². The summed E-state index contributed by atoms with van der Waals surface area (Å²) >= 11 is 0. The number of pyridine rings is 1. The third-order valence-corrected chi connectivity index (χ3v) is 4.53. The Kier molecular flexibility index (Phi) is 3.56. The van der Waals surface area contributed by atoms with Gasteiger partial charge in [0.25, 0.3) is 0 Å². The quantitative estimate of drug-likeness (QED) is 0.910. The van der Waals surface area contributed by atoms with Gasteiger partial charge in [0.05, 0.1) is 11.4 Å². The lowest BCUT2D eigenvalue weighted by Crippen LogP contribution is -2.32. The van der Waals surface area contributed by atoms with Crippen LogP contribution in [0.4, 0.5) is 0 Å². The van der Waals surface area contributed by atoms with Crippen molar-refractivity contribution in [1.82, 2.24) is 14.7 Å². The van der Waals surface area contributed by atoms with E-state index in [1.54, 1.807) is 0 Å². The summed E-state index contributed by atoms with van der Waals surface area (Å²) in [5, 5.41) is 3.70. The molecule has 0 aromatic carbocycles. The molecular weight excluding hydrogens is 234 g/mol. The van der Waals surface area contributed by atoms with E-state index in [0.29, 0.717) is 6.04 Å². The maximum Gasteiger partial charge on any atom is 0.137 e. The molecule has 3 nitrogen and oxygen atoms in total. The molecule has 1 saturated carbocycles. The molecule has 2 heterocycles. The highest BCUT2D eigenvalue weighted by Crippen LogP contribution is 2.27. The summed E-state index contributed by atoms with van der Waals surface area (Å²) in [4.78, 5) is 4.61. The minimum Gasteiger partial charge on any atom is -0.308 e. The molecule has 0 bridgehead atoms. The lowest BCUT2D eigenvalue weighted by atomic mass is 10.00. The minimum atomic E-state index is 0.608. The monoisotopic (exact) mass is 257 g/mol. The van der Waals surface area contributed by atoms with Crippen LogP contribution in [0, 0.1) is 12.8 Å². The molecule has 0 unspecified atom stereocenters. The summed E-state index contributed by atoms with van der Waals surface area (Å²) in [6.07, 6.45) is 7.70. The van der Waals surface area contributed by atoms with Gasteiger partial charge in [-0.3, -0.25) is 0 Å². The molecule has 1 N–H and O–H groups in total. The van der Waals surface area contributed by atoms with Crippen LogP contribution in [0.5, 0.6) is 0 Å². The molecule has 2 aromatic heterocycles. The number of aryl methyl sites for hydroxylation is 1. The van der Waals surface area contributed by atoms with Crippen LogP contribution in [0.2, 0.25) is 0 Å². The summed E-state index contributed by atoms with van der Waals surface area (Å²) in [6.45, 7) is 5.34. The maximum atomic E-state index is 4.61. The molecule has 1 aliphatic carbocycles. The molecule has 0 radical (unpaired) electrons. The Morgan fingerprint density at radius 2 is 2.16 bits per heavy atom. The second kappa shape index (κ2) is 5.33. The van der Waals surface area contributed by atoms with Crippen molar-refractivity contribution in [3.8, 4) is 0 Å². The second-order valence-corrected chi connectivity index (χ2v) is 5.79. The Labute approximate surface area is 115 Å². The van der Waals surface area contributed by atoms with Crippen molar-refractivity contribution in [2.45, 2.75) is 52.1 Å². The molecule has 19 heavy (non-hydrogen) atoms. The fraction of sp³-hybridized carbons (Fsp3) is 0.562. The van der Waals surface area contributed by atoms with Gasteiger partial charge in [0.2, 0.25) is 0 Å². The molecule has 1 fully saturated rings. The summed E-state index contributed by atoms with van der Waals surface area (Å²) in [6, 6.07) is 6.78. The van der Waals surface area contributed by atoms with Gasteiger partial charge in [-0.1, -0.05) is 18.9 Å². The van der Waals surface area contributed by atoms with Gasteiger partial charge in [-0.2, -0.15) is 0 Å². The number of imidazole rings is 1. The third-order valence-electron chi connectivity index (χ3n) is 4.53. The first-order valence-electron chi connectivity index (χ1n) is 7.41.